The second kappa shape index (κ2) is 10.8. The fourth-order valence-corrected chi connectivity index (χ4v) is 4.07. The number of anilines is 2. The maximum absolute atomic E-state index is 12.5. The van der Waals surface area contributed by atoms with Crippen LogP contribution in [0.5, 0.6) is 0 Å². The molecule has 0 radical (unpaired) electrons. The maximum atomic E-state index is 12.5. The minimum atomic E-state index is -0.374. The topological polar surface area (TPSA) is 111 Å². The Bertz CT molecular complexity index is 1030. The van der Waals surface area contributed by atoms with E-state index in [2.05, 4.69) is 15.6 Å². The van der Waals surface area contributed by atoms with Crippen LogP contribution in [0.1, 0.15) is 30.1 Å². The molecule has 162 valence electrons. The van der Waals surface area contributed by atoms with Crippen molar-refractivity contribution in [1.29, 1.82) is 0 Å². The molecule has 2 heterocycles. The van der Waals surface area contributed by atoms with Crippen LogP contribution in [0.4, 0.5) is 10.8 Å². The zero-order chi connectivity index (χ0) is 22.2. The largest absolute Gasteiger partial charge is 0.466 e. The Morgan fingerprint density at radius 2 is 1.97 bits per heavy atom. The van der Waals surface area contributed by atoms with Crippen LogP contribution in [0, 0.1) is 0 Å². The van der Waals surface area contributed by atoms with Gasteiger partial charge in [-0.25, -0.2) is 4.98 Å². The Labute approximate surface area is 187 Å². The number of rotatable bonds is 9. The maximum Gasteiger partial charge on any atom is 0.311 e. The second-order valence-corrected chi connectivity index (χ2v) is 8.60. The Kier molecular flexibility index (Phi) is 7.85. The molecule has 2 aromatic heterocycles. The number of hydrogen-bond acceptors (Lipinski definition) is 8. The van der Waals surface area contributed by atoms with Crippen molar-refractivity contribution in [3.05, 3.63) is 59.5 Å². The summed E-state index contributed by atoms with van der Waals surface area (Å²) in [4.78, 5) is 41.1. The minimum Gasteiger partial charge on any atom is -0.466 e. The molecule has 0 aliphatic rings. The van der Waals surface area contributed by atoms with Crippen LogP contribution >= 0.6 is 23.1 Å². The number of nitrogens with one attached hydrogen (secondary N) is 2. The van der Waals surface area contributed by atoms with Gasteiger partial charge in [0.05, 0.1) is 30.2 Å². The van der Waals surface area contributed by atoms with E-state index in [-0.39, 0.29) is 35.2 Å². The number of amides is 2. The quantitative estimate of drug-likeness (QED) is 0.364. The van der Waals surface area contributed by atoms with Crippen LogP contribution < -0.4 is 10.6 Å². The molecule has 0 saturated carbocycles. The Balaban J connectivity index is 1.50. The number of aromatic nitrogens is 1. The van der Waals surface area contributed by atoms with Crippen LogP contribution in [-0.4, -0.2) is 34.6 Å². The lowest BCUT2D eigenvalue weighted by Crippen LogP contribution is -2.22. The molecule has 0 aliphatic heterocycles. The van der Waals surface area contributed by atoms with Crippen molar-refractivity contribution in [3.63, 3.8) is 0 Å². The van der Waals surface area contributed by atoms with E-state index in [0.717, 1.165) is 4.90 Å². The first kappa shape index (κ1) is 22.6. The molecule has 3 rings (SSSR count). The molecule has 0 saturated heterocycles. The highest BCUT2D eigenvalue weighted by atomic mass is 32.2. The number of nitrogens with zero attached hydrogens (tertiary/aromatic N) is 1. The van der Waals surface area contributed by atoms with Crippen molar-refractivity contribution in [2.75, 3.05) is 17.2 Å². The summed E-state index contributed by atoms with van der Waals surface area (Å²) in [6.45, 7) is 3.85. The van der Waals surface area contributed by atoms with Gasteiger partial charge in [0.1, 0.15) is 0 Å². The van der Waals surface area contributed by atoms with Gasteiger partial charge in [0.15, 0.2) is 10.9 Å². The molecule has 1 aromatic carbocycles. The molecule has 0 spiro atoms. The zero-order valence-electron chi connectivity index (χ0n) is 16.9. The summed E-state index contributed by atoms with van der Waals surface area (Å²) in [5.74, 6) is -0.643. The Morgan fingerprint density at radius 3 is 2.65 bits per heavy atom. The number of esters is 1. The van der Waals surface area contributed by atoms with E-state index in [0.29, 0.717) is 23.1 Å². The monoisotopic (exact) mass is 459 g/mol. The lowest BCUT2D eigenvalue weighted by molar-refractivity contribution is -0.142. The highest BCUT2D eigenvalue weighted by molar-refractivity contribution is 8.00. The Hall–Kier alpha value is -3.11. The third-order valence-corrected chi connectivity index (χ3v) is 5.87. The van der Waals surface area contributed by atoms with Gasteiger partial charge >= 0.3 is 5.97 Å². The molecule has 8 nitrogen and oxygen atoms in total. The molecule has 1 atom stereocenters. The molecule has 0 bridgehead atoms. The van der Waals surface area contributed by atoms with E-state index in [1.807, 2.05) is 12.1 Å². The van der Waals surface area contributed by atoms with Crippen LogP contribution in [-0.2, 0) is 20.7 Å². The fraction of sp³-hybridized carbons (Fsp3) is 0.238. The Morgan fingerprint density at radius 1 is 1.19 bits per heavy atom. The molecular formula is C21H21N3O5S2. The van der Waals surface area contributed by atoms with Gasteiger partial charge in [0, 0.05) is 16.0 Å². The second-order valence-electron chi connectivity index (χ2n) is 6.33. The van der Waals surface area contributed by atoms with Crippen molar-refractivity contribution in [1.82, 2.24) is 4.98 Å². The molecule has 0 aliphatic carbocycles. The van der Waals surface area contributed by atoms with Crippen LogP contribution in [0.2, 0.25) is 0 Å². The number of thiazole rings is 1. The van der Waals surface area contributed by atoms with Crippen molar-refractivity contribution >= 4 is 51.7 Å². The normalized spacial score (nSPS) is 11.5. The zero-order valence-corrected chi connectivity index (χ0v) is 18.5. The summed E-state index contributed by atoms with van der Waals surface area (Å²) in [5.41, 5.74) is 1.19. The molecule has 31 heavy (non-hydrogen) atoms. The van der Waals surface area contributed by atoms with E-state index < -0.39 is 0 Å². The SMILES string of the molecule is CCOC(=O)Cc1csc(NC(=O)C(C)Sc2ccc(NC(=O)c3ccco3)cc2)n1. The number of carbonyl (C=O) groups is 3. The molecule has 2 amide bonds. The first-order valence-electron chi connectivity index (χ1n) is 9.47. The molecule has 3 aromatic rings. The average molecular weight is 460 g/mol. The van der Waals surface area contributed by atoms with Gasteiger partial charge in [-0.3, -0.25) is 14.4 Å². The first-order valence-corrected chi connectivity index (χ1v) is 11.2. The van der Waals surface area contributed by atoms with E-state index in [4.69, 9.17) is 9.15 Å². The number of hydrogen-bond donors (Lipinski definition) is 2. The van der Waals surface area contributed by atoms with E-state index in [9.17, 15) is 14.4 Å². The van der Waals surface area contributed by atoms with Crippen LogP contribution in [0.3, 0.4) is 0 Å². The average Bonchev–Trinajstić information content (AvgIpc) is 3.42. The van der Waals surface area contributed by atoms with Crippen molar-refractivity contribution < 1.29 is 23.5 Å². The van der Waals surface area contributed by atoms with Gasteiger partial charge in [-0.1, -0.05) is 0 Å². The van der Waals surface area contributed by atoms with Gasteiger partial charge in [-0.05, 0) is 50.2 Å². The van der Waals surface area contributed by atoms with Gasteiger partial charge in [0.2, 0.25) is 5.91 Å². The summed E-state index contributed by atoms with van der Waals surface area (Å²) < 4.78 is 9.96. The van der Waals surface area contributed by atoms with Crippen LogP contribution in [0.15, 0.2) is 57.4 Å². The van der Waals surface area contributed by atoms with Crippen molar-refractivity contribution in [3.8, 4) is 0 Å². The lowest BCUT2D eigenvalue weighted by Gasteiger charge is -2.11. The van der Waals surface area contributed by atoms with Crippen molar-refractivity contribution in [2.45, 2.75) is 30.4 Å². The molecule has 10 heteroatoms. The van der Waals surface area contributed by atoms with Gasteiger partial charge in [-0.15, -0.1) is 23.1 Å². The molecule has 0 fully saturated rings. The smallest absolute Gasteiger partial charge is 0.311 e. The summed E-state index contributed by atoms with van der Waals surface area (Å²) in [6, 6.07) is 10.4. The summed E-state index contributed by atoms with van der Waals surface area (Å²) in [7, 11) is 0. The van der Waals surface area contributed by atoms with Crippen LogP contribution in [0.25, 0.3) is 0 Å². The fourth-order valence-electron chi connectivity index (χ4n) is 2.49. The number of carbonyl (C=O) groups excluding carboxylic acids is 3. The predicted molar refractivity (Wildman–Crippen MR) is 120 cm³/mol. The van der Waals surface area contributed by atoms with E-state index >= 15 is 0 Å². The minimum absolute atomic E-state index is 0.0767. The molecule has 2 N–H and O–H groups in total. The summed E-state index contributed by atoms with van der Waals surface area (Å²) >= 11 is 2.64. The number of furan rings is 1. The van der Waals surface area contributed by atoms with Gasteiger partial charge < -0.3 is 19.8 Å². The third kappa shape index (κ3) is 6.69. The molecular weight excluding hydrogens is 438 g/mol. The number of thioether (sulfide) groups is 1. The third-order valence-electron chi connectivity index (χ3n) is 3.95. The lowest BCUT2D eigenvalue weighted by atomic mass is 10.3. The number of ether oxygens (including phenoxy) is 1. The highest BCUT2D eigenvalue weighted by Crippen LogP contribution is 2.26. The number of benzene rings is 1. The van der Waals surface area contributed by atoms with E-state index in [1.165, 1.54) is 29.4 Å². The summed E-state index contributed by atoms with van der Waals surface area (Å²) in [6.07, 6.45) is 1.52. The standard InChI is InChI=1S/C21H21N3O5S2/c1-3-28-18(25)11-15-12-30-21(23-15)24-19(26)13(2)31-16-8-6-14(7-9-16)22-20(27)17-5-4-10-29-17/h4-10,12-13H,3,11H2,1-2H3,(H,22,27)(H,23,24,26). The predicted octanol–water partition coefficient (Wildman–Crippen LogP) is 4.21. The van der Waals surface area contributed by atoms with Gasteiger partial charge in [0.25, 0.3) is 5.91 Å². The van der Waals surface area contributed by atoms with Gasteiger partial charge in [-0.2, -0.15) is 0 Å². The highest BCUT2D eigenvalue weighted by Gasteiger charge is 2.17. The summed E-state index contributed by atoms with van der Waals surface area (Å²) in [5, 5.41) is 7.30. The van der Waals surface area contributed by atoms with Crippen molar-refractivity contribution in [2.24, 2.45) is 0 Å². The van der Waals surface area contributed by atoms with E-state index in [1.54, 1.807) is 43.5 Å². The first-order chi connectivity index (χ1) is 14.9. The molecule has 1 unspecified atom stereocenters.